The fourth-order valence-electron chi connectivity index (χ4n) is 1.52. The van der Waals surface area contributed by atoms with E-state index in [4.69, 9.17) is 0 Å². The quantitative estimate of drug-likeness (QED) is 0.709. The molecule has 0 aliphatic heterocycles. The highest BCUT2D eigenvalue weighted by molar-refractivity contribution is 5.75. The fourth-order valence-corrected chi connectivity index (χ4v) is 1.52. The van der Waals surface area contributed by atoms with Crippen LogP contribution < -0.4 is 4.90 Å². The van der Waals surface area contributed by atoms with E-state index >= 15 is 0 Å². The first kappa shape index (κ1) is 11.6. The highest BCUT2D eigenvalue weighted by Crippen LogP contribution is 2.17. The number of hydrogen-bond donors (Lipinski definition) is 0. The molecule has 0 aliphatic rings. The van der Waals surface area contributed by atoms with Crippen molar-refractivity contribution >= 4 is 11.7 Å². The SMILES string of the molecule is COC(=O)CN(C)c1cc(C)cc(C)c1. The van der Waals surface area contributed by atoms with Crippen LogP contribution in [0.1, 0.15) is 11.1 Å². The Bertz CT molecular complexity index is 340. The van der Waals surface area contributed by atoms with Crippen molar-refractivity contribution in [2.24, 2.45) is 0 Å². The lowest BCUT2D eigenvalue weighted by Gasteiger charge is -2.18. The summed E-state index contributed by atoms with van der Waals surface area (Å²) in [7, 11) is 3.28. The summed E-state index contributed by atoms with van der Waals surface area (Å²) in [5, 5.41) is 0. The summed E-state index contributed by atoms with van der Waals surface area (Å²) in [6.45, 7) is 4.37. The van der Waals surface area contributed by atoms with E-state index < -0.39 is 0 Å². The van der Waals surface area contributed by atoms with Gasteiger partial charge in [0.05, 0.1) is 7.11 Å². The number of aryl methyl sites for hydroxylation is 2. The molecular formula is C12H17NO2. The minimum Gasteiger partial charge on any atom is -0.468 e. The van der Waals surface area contributed by atoms with Crippen LogP contribution in [0.4, 0.5) is 5.69 Å². The lowest BCUT2D eigenvalue weighted by atomic mass is 10.1. The van der Waals surface area contributed by atoms with Crippen LogP contribution in [0.5, 0.6) is 0 Å². The predicted octanol–water partition coefficient (Wildman–Crippen LogP) is 1.91. The number of hydrogen-bond acceptors (Lipinski definition) is 3. The molecule has 0 radical (unpaired) electrons. The van der Waals surface area contributed by atoms with Crippen LogP contribution >= 0.6 is 0 Å². The van der Waals surface area contributed by atoms with Gasteiger partial charge in [0.2, 0.25) is 0 Å². The third-order valence-corrected chi connectivity index (χ3v) is 2.24. The first-order valence-electron chi connectivity index (χ1n) is 4.89. The van der Waals surface area contributed by atoms with Crippen LogP contribution in [0.15, 0.2) is 18.2 Å². The van der Waals surface area contributed by atoms with E-state index in [0.29, 0.717) is 0 Å². The van der Waals surface area contributed by atoms with Gasteiger partial charge in [0.15, 0.2) is 0 Å². The lowest BCUT2D eigenvalue weighted by Crippen LogP contribution is -2.26. The van der Waals surface area contributed by atoms with E-state index in [1.807, 2.05) is 25.8 Å². The molecule has 0 bridgehead atoms. The van der Waals surface area contributed by atoms with Crippen molar-refractivity contribution in [3.8, 4) is 0 Å². The number of ether oxygens (including phenoxy) is 1. The normalized spacial score (nSPS) is 9.87. The van der Waals surface area contributed by atoms with Crippen LogP contribution in [0.3, 0.4) is 0 Å². The second kappa shape index (κ2) is 4.82. The van der Waals surface area contributed by atoms with E-state index in [9.17, 15) is 4.79 Å². The van der Waals surface area contributed by atoms with E-state index in [2.05, 4.69) is 22.9 Å². The van der Waals surface area contributed by atoms with Gasteiger partial charge in [0.25, 0.3) is 0 Å². The standard InChI is InChI=1S/C12H17NO2/c1-9-5-10(2)7-11(6-9)13(3)8-12(14)15-4/h5-7H,8H2,1-4H3. The molecule has 15 heavy (non-hydrogen) atoms. The Morgan fingerprint density at radius 1 is 1.27 bits per heavy atom. The van der Waals surface area contributed by atoms with Crippen molar-refractivity contribution in [3.63, 3.8) is 0 Å². The number of nitrogens with zero attached hydrogens (tertiary/aromatic N) is 1. The number of anilines is 1. The molecule has 1 aromatic rings. The average molecular weight is 207 g/mol. The van der Waals surface area contributed by atoms with Gasteiger partial charge in [-0.2, -0.15) is 0 Å². The Morgan fingerprint density at radius 3 is 2.27 bits per heavy atom. The molecule has 3 heteroatoms. The van der Waals surface area contributed by atoms with E-state index in [0.717, 1.165) is 5.69 Å². The summed E-state index contributed by atoms with van der Waals surface area (Å²) in [4.78, 5) is 13.0. The maximum Gasteiger partial charge on any atom is 0.325 e. The predicted molar refractivity (Wildman–Crippen MR) is 61.2 cm³/mol. The number of rotatable bonds is 3. The molecule has 3 nitrogen and oxygen atoms in total. The number of likely N-dealkylation sites (N-methyl/N-ethyl adjacent to an activating group) is 1. The Balaban J connectivity index is 2.81. The van der Waals surface area contributed by atoms with Crippen molar-refractivity contribution in [3.05, 3.63) is 29.3 Å². The Morgan fingerprint density at radius 2 is 1.80 bits per heavy atom. The molecule has 0 N–H and O–H groups in total. The number of carbonyl (C=O) groups excluding carboxylic acids is 1. The highest BCUT2D eigenvalue weighted by atomic mass is 16.5. The van der Waals surface area contributed by atoms with Gasteiger partial charge in [-0.25, -0.2) is 0 Å². The summed E-state index contributed by atoms with van der Waals surface area (Å²) in [5.74, 6) is -0.225. The average Bonchev–Trinajstić information content (AvgIpc) is 2.16. The largest absolute Gasteiger partial charge is 0.468 e. The fraction of sp³-hybridized carbons (Fsp3) is 0.417. The van der Waals surface area contributed by atoms with Gasteiger partial charge in [-0.1, -0.05) is 6.07 Å². The van der Waals surface area contributed by atoms with Gasteiger partial charge >= 0.3 is 5.97 Å². The second-order valence-corrected chi connectivity index (χ2v) is 3.78. The van der Waals surface area contributed by atoms with Crippen LogP contribution in [0, 0.1) is 13.8 Å². The maximum atomic E-state index is 11.1. The van der Waals surface area contributed by atoms with Gasteiger partial charge < -0.3 is 9.64 Å². The van der Waals surface area contributed by atoms with Crippen molar-refractivity contribution in [1.29, 1.82) is 0 Å². The van der Waals surface area contributed by atoms with Crippen molar-refractivity contribution in [2.45, 2.75) is 13.8 Å². The third-order valence-electron chi connectivity index (χ3n) is 2.24. The molecule has 0 aliphatic carbocycles. The first-order valence-corrected chi connectivity index (χ1v) is 4.89. The van der Waals surface area contributed by atoms with E-state index in [1.165, 1.54) is 18.2 Å². The van der Waals surface area contributed by atoms with E-state index in [-0.39, 0.29) is 12.5 Å². The molecule has 0 saturated heterocycles. The summed E-state index contributed by atoms with van der Waals surface area (Å²) < 4.78 is 4.62. The zero-order valence-electron chi connectivity index (χ0n) is 9.70. The molecule has 0 fully saturated rings. The topological polar surface area (TPSA) is 29.5 Å². The van der Waals surface area contributed by atoms with Crippen molar-refractivity contribution in [1.82, 2.24) is 0 Å². The molecule has 0 spiro atoms. The van der Waals surface area contributed by atoms with Crippen LogP contribution in [-0.4, -0.2) is 26.7 Å². The second-order valence-electron chi connectivity index (χ2n) is 3.78. The van der Waals surface area contributed by atoms with Crippen LogP contribution in [-0.2, 0) is 9.53 Å². The molecule has 0 amide bonds. The summed E-state index contributed by atoms with van der Waals surface area (Å²) >= 11 is 0. The monoisotopic (exact) mass is 207 g/mol. The van der Waals surface area contributed by atoms with Gasteiger partial charge in [-0.05, 0) is 37.1 Å². The van der Waals surface area contributed by atoms with Crippen molar-refractivity contribution in [2.75, 3.05) is 25.6 Å². The number of carbonyl (C=O) groups is 1. The minimum atomic E-state index is -0.225. The molecule has 1 aromatic carbocycles. The zero-order chi connectivity index (χ0) is 11.4. The zero-order valence-corrected chi connectivity index (χ0v) is 9.70. The van der Waals surface area contributed by atoms with Gasteiger partial charge in [0, 0.05) is 12.7 Å². The molecule has 1 rings (SSSR count). The molecule has 0 atom stereocenters. The summed E-state index contributed by atoms with van der Waals surface area (Å²) in [6.07, 6.45) is 0. The third kappa shape index (κ3) is 3.27. The minimum absolute atomic E-state index is 0.225. The van der Waals surface area contributed by atoms with Crippen molar-refractivity contribution < 1.29 is 9.53 Å². The number of esters is 1. The number of methoxy groups -OCH3 is 1. The molecule has 0 heterocycles. The van der Waals surface area contributed by atoms with Crippen LogP contribution in [0.2, 0.25) is 0 Å². The summed E-state index contributed by atoms with van der Waals surface area (Å²) in [6, 6.07) is 6.21. The Labute approximate surface area is 90.7 Å². The lowest BCUT2D eigenvalue weighted by molar-refractivity contribution is -0.138. The molecular weight excluding hydrogens is 190 g/mol. The van der Waals surface area contributed by atoms with Gasteiger partial charge in [0.1, 0.15) is 6.54 Å². The van der Waals surface area contributed by atoms with Gasteiger partial charge in [-0.3, -0.25) is 4.79 Å². The van der Waals surface area contributed by atoms with E-state index in [1.54, 1.807) is 0 Å². The Hall–Kier alpha value is -1.51. The Kier molecular flexibility index (Phi) is 3.72. The molecule has 82 valence electrons. The smallest absolute Gasteiger partial charge is 0.325 e. The summed E-state index contributed by atoms with van der Waals surface area (Å²) in [5.41, 5.74) is 3.43. The first-order chi connectivity index (χ1) is 7.02. The molecule has 0 saturated carbocycles. The molecule has 0 aromatic heterocycles. The molecule has 0 unspecified atom stereocenters. The number of benzene rings is 1. The maximum absolute atomic E-state index is 11.1. The highest BCUT2D eigenvalue weighted by Gasteiger charge is 2.07. The van der Waals surface area contributed by atoms with Crippen LogP contribution in [0.25, 0.3) is 0 Å². The van der Waals surface area contributed by atoms with Gasteiger partial charge in [-0.15, -0.1) is 0 Å².